The van der Waals surface area contributed by atoms with Crippen molar-refractivity contribution in [3.63, 3.8) is 0 Å². The monoisotopic (exact) mass is 397 g/mol. The maximum atomic E-state index is 12.1. The fraction of sp³-hybridized carbons (Fsp3) is 0.188. The average molecular weight is 399 g/mol. The van der Waals surface area contributed by atoms with Gasteiger partial charge in [-0.15, -0.1) is 0 Å². The fourth-order valence-electron chi connectivity index (χ4n) is 2.07. The van der Waals surface area contributed by atoms with E-state index in [1.165, 1.54) is 0 Å². The number of ether oxygens (including phenoxy) is 3. The summed E-state index contributed by atoms with van der Waals surface area (Å²) in [5.41, 5.74) is 0.487. The molecule has 0 fully saturated rings. The van der Waals surface area contributed by atoms with Gasteiger partial charge in [0.15, 0.2) is 11.5 Å². The van der Waals surface area contributed by atoms with Gasteiger partial charge in [0.1, 0.15) is 12.4 Å². The van der Waals surface area contributed by atoms with Crippen molar-refractivity contribution in [1.29, 1.82) is 0 Å². The lowest BCUT2D eigenvalue weighted by Crippen LogP contribution is -2.28. The number of rotatable bonds is 5. The van der Waals surface area contributed by atoms with E-state index in [2.05, 4.69) is 21.2 Å². The summed E-state index contributed by atoms with van der Waals surface area (Å²) in [4.78, 5) is 12.1. The third-order valence-corrected chi connectivity index (χ3v) is 4.10. The lowest BCUT2D eigenvalue weighted by molar-refractivity contribution is 0.0946. The smallest absolute Gasteiger partial charge is 0.252 e. The highest BCUT2D eigenvalue weighted by atomic mass is 79.9. The molecule has 1 amide bonds. The summed E-state index contributed by atoms with van der Waals surface area (Å²) in [5.74, 6) is 1.81. The van der Waals surface area contributed by atoms with Gasteiger partial charge in [-0.05, 0) is 46.3 Å². The van der Waals surface area contributed by atoms with Crippen molar-refractivity contribution in [3.05, 3.63) is 51.5 Å². The minimum Gasteiger partial charge on any atom is -0.492 e. The largest absolute Gasteiger partial charge is 0.492 e. The Bertz CT molecular complexity index is 738. The van der Waals surface area contributed by atoms with Crippen LogP contribution >= 0.6 is 27.5 Å². The predicted octanol–water partition coefficient (Wildman–Crippen LogP) is 3.64. The quantitative estimate of drug-likeness (QED) is 0.781. The number of carbonyl (C=O) groups is 1. The summed E-state index contributed by atoms with van der Waals surface area (Å²) in [5, 5.41) is 3.29. The van der Waals surface area contributed by atoms with Crippen molar-refractivity contribution in [2.45, 2.75) is 0 Å². The summed E-state index contributed by atoms with van der Waals surface area (Å²) >= 11 is 9.23. The SMILES string of the molecule is O=C(NCCOc1ccc2c(c1)OCO2)c1cc(Cl)ccc1Br. The zero-order valence-corrected chi connectivity index (χ0v) is 14.3. The average Bonchev–Trinajstić information content (AvgIpc) is 3.01. The van der Waals surface area contributed by atoms with Crippen LogP contribution in [0.3, 0.4) is 0 Å². The van der Waals surface area contributed by atoms with E-state index in [9.17, 15) is 4.79 Å². The van der Waals surface area contributed by atoms with Crippen LogP contribution in [0.25, 0.3) is 0 Å². The van der Waals surface area contributed by atoms with Gasteiger partial charge in [-0.3, -0.25) is 4.79 Å². The summed E-state index contributed by atoms with van der Waals surface area (Å²) in [6.45, 7) is 0.930. The van der Waals surface area contributed by atoms with Crippen LogP contribution < -0.4 is 19.5 Å². The van der Waals surface area contributed by atoms with Crippen LogP contribution in [0.2, 0.25) is 5.02 Å². The Balaban J connectivity index is 1.50. The van der Waals surface area contributed by atoms with Crippen LogP contribution in [0.4, 0.5) is 0 Å². The van der Waals surface area contributed by atoms with Gasteiger partial charge >= 0.3 is 0 Å². The maximum absolute atomic E-state index is 12.1. The van der Waals surface area contributed by atoms with E-state index in [0.29, 0.717) is 45.5 Å². The molecule has 0 radical (unpaired) electrons. The molecule has 0 atom stereocenters. The molecule has 2 aromatic carbocycles. The third kappa shape index (κ3) is 3.89. The molecule has 0 aliphatic carbocycles. The van der Waals surface area contributed by atoms with Crippen molar-refractivity contribution in [2.24, 2.45) is 0 Å². The Kier molecular flexibility index (Phi) is 4.93. The zero-order chi connectivity index (χ0) is 16.2. The van der Waals surface area contributed by atoms with E-state index in [-0.39, 0.29) is 12.7 Å². The number of hydrogen-bond acceptors (Lipinski definition) is 4. The Morgan fingerprint density at radius 2 is 2.04 bits per heavy atom. The number of benzene rings is 2. The van der Waals surface area contributed by atoms with E-state index in [0.717, 1.165) is 0 Å². The van der Waals surface area contributed by atoms with Crippen molar-refractivity contribution < 1.29 is 19.0 Å². The molecule has 1 N–H and O–H groups in total. The molecule has 2 aromatic rings. The molecule has 0 saturated carbocycles. The topological polar surface area (TPSA) is 56.8 Å². The molecular formula is C16H13BrClNO4. The van der Waals surface area contributed by atoms with Crippen molar-refractivity contribution in [3.8, 4) is 17.2 Å². The predicted molar refractivity (Wildman–Crippen MR) is 89.5 cm³/mol. The van der Waals surface area contributed by atoms with Gasteiger partial charge in [-0.25, -0.2) is 0 Å². The van der Waals surface area contributed by atoms with Crippen LogP contribution in [0.5, 0.6) is 17.2 Å². The third-order valence-electron chi connectivity index (χ3n) is 3.17. The summed E-state index contributed by atoms with van der Waals surface area (Å²) < 4.78 is 16.8. The van der Waals surface area contributed by atoms with E-state index >= 15 is 0 Å². The molecule has 7 heteroatoms. The molecular weight excluding hydrogens is 386 g/mol. The first-order chi connectivity index (χ1) is 11.1. The van der Waals surface area contributed by atoms with Gasteiger partial charge in [-0.2, -0.15) is 0 Å². The Labute approximate surface area is 146 Å². The van der Waals surface area contributed by atoms with E-state index < -0.39 is 0 Å². The molecule has 0 saturated heterocycles. The molecule has 1 heterocycles. The lowest BCUT2D eigenvalue weighted by Gasteiger charge is -2.09. The van der Waals surface area contributed by atoms with Gasteiger partial charge < -0.3 is 19.5 Å². The summed E-state index contributed by atoms with van der Waals surface area (Å²) in [7, 11) is 0. The second-order valence-corrected chi connectivity index (χ2v) is 6.03. The lowest BCUT2D eigenvalue weighted by atomic mass is 10.2. The second kappa shape index (κ2) is 7.10. The highest BCUT2D eigenvalue weighted by molar-refractivity contribution is 9.10. The van der Waals surface area contributed by atoms with E-state index in [4.69, 9.17) is 25.8 Å². The van der Waals surface area contributed by atoms with Crippen LogP contribution in [0, 0.1) is 0 Å². The van der Waals surface area contributed by atoms with Crippen molar-refractivity contribution >= 4 is 33.4 Å². The molecule has 120 valence electrons. The highest BCUT2D eigenvalue weighted by Crippen LogP contribution is 2.35. The fourth-order valence-corrected chi connectivity index (χ4v) is 2.67. The highest BCUT2D eigenvalue weighted by Gasteiger charge is 2.14. The molecule has 0 aromatic heterocycles. The van der Waals surface area contributed by atoms with Crippen molar-refractivity contribution in [1.82, 2.24) is 5.32 Å². The number of nitrogens with one attached hydrogen (secondary N) is 1. The standard InChI is InChI=1S/C16H13BrClNO4/c17-13-3-1-10(18)7-12(13)16(20)19-5-6-21-11-2-4-14-15(8-11)23-9-22-14/h1-4,7-8H,5-6,9H2,(H,19,20). The molecule has 0 unspecified atom stereocenters. The number of fused-ring (bicyclic) bond motifs is 1. The normalized spacial score (nSPS) is 12.1. The Morgan fingerprint density at radius 3 is 2.91 bits per heavy atom. The van der Waals surface area contributed by atoms with Gasteiger partial charge in [0.25, 0.3) is 5.91 Å². The van der Waals surface area contributed by atoms with Crippen LogP contribution in [0.1, 0.15) is 10.4 Å². The number of halogens is 2. The number of hydrogen-bond donors (Lipinski definition) is 1. The van der Waals surface area contributed by atoms with Crippen LogP contribution in [0.15, 0.2) is 40.9 Å². The van der Waals surface area contributed by atoms with E-state index in [1.54, 1.807) is 36.4 Å². The first kappa shape index (κ1) is 16.0. The molecule has 3 rings (SSSR count). The molecule has 1 aliphatic heterocycles. The van der Waals surface area contributed by atoms with Gasteiger partial charge in [-0.1, -0.05) is 11.6 Å². The van der Waals surface area contributed by atoms with Crippen LogP contribution in [-0.4, -0.2) is 25.9 Å². The van der Waals surface area contributed by atoms with Gasteiger partial charge in [0.05, 0.1) is 12.1 Å². The zero-order valence-electron chi connectivity index (χ0n) is 12.0. The van der Waals surface area contributed by atoms with Gasteiger partial charge in [0, 0.05) is 15.6 Å². The van der Waals surface area contributed by atoms with Gasteiger partial charge in [0.2, 0.25) is 6.79 Å². The first-order valence-electron chi connectivity index (χ1n) is 6.89. The molecule has 1 aliphatic rings. The molecule has 23 heavy (non-hydrogen) atoms. The number of amides is 1. The first-order valence-corrected chi connectivity index (χ1v) is 8.06. The maximum Gasteiger partial charge on any atom is 0.252 e. The number of carbonyl (C=O) groups excluding carboxylic acids is 1. The Hall–Kier alpha value is -1.92. The minimum atomic E-state index is -0.214. The van der Waals surface area contributed by atoms with Crippen molar-refractivity contribution in [2.75, 3.05) is 19.9 Å². The summed E-state index contributed by atoms with van der Waals surface area (Å²) in [6.07, 6.45) is 0. The van der Waals surface area contributed by atoms with Crippen LogP contribution in [-0.2, 0) is 0 Å². The summed E-state index contributed by atoms with van der Waals surface area (Å²) in [6, 6.07) is 10.4. The molecule has 0 spiro atoms. The minimum absolute atomic E-state index is 0.214. The molecule has 0 bridgehead atoms. The van der Waals surface area contributed by atoms with E-state index in [1.807, 2.05) is 0 Å². The second-order valence-electron chi connectivity index (χ2n) is 4.74. The Morgan fingerprint density at radius 1 is 1.22 bits per heavy atom. The molecule has 5 nitrogen and oxygen atoms in total.